The molecule has 1 saturated carbocycles. The summed E-state index contributed by atoms with van der Waals surface area (Å²) in [6, 6.07) is 14.5. The van der Waals surface area contributed by atoms with Crippen molar-refractivity contribution in [3.8, 4) is 0 Å². The van der Waals surface area contributed by atoms with Gasteiger partial charge in [0.25, 0.3) is 0 Å². The Balaban J connectivity index is 1.40. The molecule has 2 heterocycles. The third-order valence-corrected chi connectivity index (χ3v) is 7.39. The standard InChI is InChI=1S/C27H29Cl2N7O2/c28-21-11-9-19(10-12-21)15-35-18-25(31-33-35)26(36(27(37)38)24-7-2-1-3-8-24)14-23-17-34(32-30-23)16-20-5-4-6-22(29)13-20/h4-6,9-13,17-18,24,26H,1-3,7-8,14-16H2,(H,37,38). The van der Waals surface area contributed by atoms with E-state index in [1.807, 2.05) is 60.9 Å². The van der Waals surface area contributed by atoms with E-state index < -0.39 is 12.1 Å². The fourth-order valence-corrected chi connectivity index (χ4v) is 5.44. The van der Waals surface area contributed by atoms with Crippen LogP contribution in [0.1, 0.15) is 60.7 Å². The number of benzene rings is 2. The zero-order chi connectivity index (χ0) is 26.5. The molecule has 4 aromatic rings. The summed E-state index contributed by atoms with van der Waals surface area (Å²) in [5.74, 6) is 0. The second kappa shape index (κ2) is 12.0. The minimum absolute atomic E-state index is 0.0748. The van der Waals surface area contributed by atoms with E-state index in [0.29, 0.717) is 40.9 Å². The van der Waals surface area contributed by atoms with Crippen LogP contribution in [-0.2, 0) is 19.5 Å². The molecule has 2 aromatic carbocycles. The molecule has 0 bridgehead atoms. The van der Waals surface area contributed by atoms with E-state index in [4.69, 9.17) is 23.2 Å². The maximum Gasteiger partial charge on any atom is 0.408 e. The van der Waals surface area contributed by atoms with Crippen LogP contribution in [0.2, 0.25) is 10.0 Å². The Morgan fingerprint density at radius 1 is 0.921 bits per heavy atom. The molecular formula is C27H29Cl2N7O2. The molecule has 11 heteroatoms. The number of amides is 1. The largest absolute Gasteiger partial charge is 0.465 e. The Morgan fingerprint density at radius 2 is 1.63 bits per heavy atom. The molecular weight excluding hydrogens is 525 g/mol. The lowest BCUT2D eigenvalue weighted by molar-refractivity contribution is 0.0814. The summed E-state index contributed by atoms with van der Waals surface area (Å²) in [5, 5.41) is 29.0. The van der Waals surface area contributed by atoms with Crippen LogP contribution in [0, 0.1) is 0 Å². The van der Waals surface area contributed by atoms with Gasteiger partial charge >= 0.3 is 6.09 Å². The van der Waals surface area contributed by atoms with Gasteiger partial charge in [-0.3, -0.25) is 4.90 Å². The van der Waals surface area contributed by atoms with Crippen LogP contribution in [0.4, 0.5) is 4.79 Å². The maximum atomic E-state index is 12.6. The molecule has 38 heavy (non-hydrogen) atoms. The van der Waals surface area contributed by atoms with Gasteiger partial charge in [0.1, 0.15) is 5.69 Å². The van der Waals surface area contributed by atoms with Gasteiger partial charge in [-0.1, -0.05) is 77.2 Å². The quantitative estimate of drug-likeness (QED) is 0.278. The number of aromatic nitrogens is 6. The normalized spacial score (nSPS) is 14.9. The highest BCUT2D eigenvalue weighted by molar-refractivity contribution is 6.30. The number of nitrogens with zero attached hydrogens (tertiary/aromatic N) is 7. The highest BCUT2D eigenvalue weighted by Crippen LogP contribution is 2.32. The topological polar surface area (TPSA) is 102 Å². The third-order valence-electron chi connectivity index (χ3n) is 6.90. The molecule has 1 fully saturated rings. The maximum absolute atomic E-state index is 12.6. The summed E-state index contributed by atoms with van der Waals surface area (Å²) in [4.78, 5) is 14.2. The van der Waals surface area contributed by atoms with Crippen molar-refractivity contribution in [2.24, 2.45) is 0 Å². The first kappa shape index (κ1) is 26.2. The monoisotopic (exact) mass is 553 g/mol. The molecule has 1 N–H and O–H groups in total. The average molecular weight is 554 g/mol. The van der Waals surface area contributed by atoms with Crippen LogP contribution < -0.4 is 0 Å². The van der Waals surface area contributed by atoms with E-state index in [1.54, 1.807) is 14.3 Å². The van der Waals surface area contributed by atoms with Crippen molar-refractivity contribution in [2.75, 3.05) is 0 Å². The van der Waals surface area contributed by atoms with Crippen LogP contribution in [0.25, 0.3) is 0 Å². The Bertz CT molecular complexity index is 1370. The zero-order valence-corrected chi connectivity index (χ0v) is 22.3. The third kappa shape index (κ3) is 6.52. The summed E-state index contributed by atoms with van der Waals surface area (Å²) in [6.07, 6.45) is 7.90. The lowest BCUT2D eigenvalue weighted by atomic mass is 9.92. The second-order valence-electron chi connectivity index (χ2n) is 9.71. The van der Waals surface area contributed by atoms with Gasteiger partial charge in [0.15, 0.2) is 0 Å². The van der Waals surface area contributed by atoms with Crippen molar-refractivity contribution < 1.29 is 9.90 Å². The fraction of sp³-hybridized carbons (Fsp3) is 0.370. The Kier molecular flexibility index (Phi) is 8.24. The smallest absolute Gasteiger partial charge is 0.408 e. The summed E-state index contributed by atoms with van der Waals surface area (Å²) in [5.41, 5.74) is 3.31. The first-order chi connectivity index (χ1) is 18.4. The van der Waals surface area contributed by atoms with Crippen molar-refractivity contribution in [3.63, 3.8) is 0 Å². The predicted octanol–water partition coefficient (Wildman–Crippen LogP) is 5.87. The highest BCUT2D eigenvalue weighted by Gasteiger charge is 2.35. The van der Waals surface area contributed by atoms with Gasteiger partial charge in [-0.15, -0.1) is 10.2 Å². The van der Waals surface area contributed by atoms with Gasteiger partial charge in [-0.05, 0) is 48.2 Å². The van der Waals surface area contributed by atoms with Crippen molar-refractivity contribution in [1.82, 2.24) is 34.9 Å². The molecule has 1 amide bonds. The fourth-order valence-electron chi connectivity index (χ4n) is 5.10. The van der Waals surface area contributed by atoms with E-state index in [1.165, 1.54) is 0 Å². The Hall–Kier alpha value is -3.43. The van der Waals surface area contributed by atoms with Crippen molar-refractivity contribution in [3.05, 3.63) is 93.5 Å². The molecule has 0 radical (unpaired) electrons. The van der Waals surface area contributed by atoms with Crippen molar-refractivity contribution >= 4 is 29.3 Å². The number of carbonyl (C=O) groups is 1. The first-order valence-electron chi connectivity index (χ1n) is 12.7. The molecule has 1 aliphatic carbocycles. The summed E-state index contributed by atoms with van der Waals surface area (Å²) < 4.78 is 3.46. The number of rotatable bonds is 9. The molecule has 0 aliphatic heterocycles. The minimum atomic E-state index is -0.958. The molecule has 2 aromatic heterocycles. The molecule has 0 saturated heterocycles. The summed E-state index contributed by atoms with van der Waals surface area (Å²) in [6.45, 7) is 1.02. The van der Waals surface area contributed by atoms with Crippen LogP contribution in [0.3, 0.4) is 0 Å². The molecule has 1 aliphatic rings. The van der Waals surface area contributed by atoms with Gasteiger partial charge in [0.2, 0.25) is 0 Å². The lowest BCUT2D eigenvalue weighted by Crippen LogP contribution is -2.44. The number of hydrogen-bond donors (Lipinski definition) is 1. The van der Waals surface area contributed by atoms with E-state index in [0.717, 1.165) is 43.2 Å². The van der Waals surface area contributed by atoms with Gasteiger partial charge < -0.3 is 5.11 Å². The van der Waals surface area contributed by atoms with E-state index in [2.05, 4.69) is 20.6 Å². The van der Waals surface area contributed by atoms with E-state index in [-0.39, 0.29) is 6.04 Å². The van der Waals surface area contributed by atoms with Gasteiger partial charge in [-0.25, -0.2) is 14.2 Å². The highest BCUT2D eigenvalue weighted by atomic mass is 35.5. The van der Waals surface area contributed by atoms with E-state index in [9.17, 15) is 9.90 Å². The van der Waals surface area contributed by atoms with Crippen LogP contribution in [0.5, 0.6) is 0 Å². The average Bonchev–Trinajstić information content (AvgIpc) is 3.55. The van der Waals surface area contributed by atoms with Gasteiger partial charge in [-0.2, -0.15) is 0 Å². The minimum Gasteiger partial charge on any atom is -0.465 e. The number of halogens is 2. The second-order valence-corrected chi connectivity index (χ2v) is 10.6. The molecule has 198 valence electrons. The SMILES string of the molecule is O=C(O)N(C1CCCCC1)C(Cc1cn(Cc2cccc(Cl)c2)nn1)c1cn(Cc2ccc(Cl)cc2)nn1. The summed E-state index contributed by atoms with van der Waals surface area (Å²) in [7, 11) is 0. The molecule has 1 atom stereocenters. The predicted molar refractivity (Wildman–Crippen MR) is 144 cm³/mol. The van der Waals surface area contributed by atoms with Crippen LogP contribution in [-0.4, -0.2) is 52.1 Å². The van der Waals surface area contributed by atoms with Crippen LogP contribution >= 0.6 is 23.2 Å². The first-order valence-corrected chi connectivity index (χ1v) is 13.5. The van der Waals surface area contributed by atoms with Crippen LogP contribution in [0.15, 0.2) is 60.9 Å². The van der Waals surface area contributed by atoms with Crippen molar-refractivity contribution in [2.45, 2.75) is 63.7 Å². The van der Waals surface area contributed by atoms with Gasteiger partial charge in [0, 0.05) is 28.7 Å². The number of carboxylic acid groups (broad SMARTS) is 1. The molecule has 9 nitrogen and oxygen atoms in total. The Morgan fingerprint density at radius 3 is 2.37 bits per heavy atom. The molecule has 1 unspecified atom stereocenters. The molecule has 0 spiro atoms. The summed E-state index contributed by atoms with van der Waals surface area (Å²) >= 11 is 12.1. The van der Waals surface area contributed by atoms with Crippen molar-refractivity contribution in [1.29, 1.82) is 0 Å². The Labute approximate surface area is 231 Å². The zero-order valence-electron chi connectivity index (χ0n) is 20.8. The van der Waals surface area contributed by atoms with E-state index >= 15 is 0 Å². The number of hydrogen-bond acceptors (Lipinski definition) is 5. The van der Waals surface area contributed by atoms with Gasteiger partial charge in [0.05, 0.1) is 31.0 Å². The lowest BCUT2D eigenvalue weighted by Gasteiger charge is -2.37. The molecule has 5 rings (SSSR count).